The van der Waals surface area contributed by atoms with Crippen molar-refractivity contribution in [1.29, 1.82) is 0 Å². The molecule has 1 heterocycles. The molecule has 1 aromatic heterocycles. The normalized spacial score (nSPS) is 15.6. The molecule has 0 saturated heterocycles. The molecule has 3 N–H and O–H groups in total. The van der Waals surface area contributed by atoms with Crippen molar-refractivity contribution in [3.63, 3.8) is 0 Å². The Labute approximate surface area is 172 Å². The van der Waals surface area contributed by atoms with Crippen LogP contribution >= 0.6 is 11.6 Å². The number of ether oxygens (including phenoxy) is 2. The van der Waals surface area contributed by atoms with Gasteiger partial charge in [-0.15, -0.1) is 0 Å². The molecule has 0 aliphatic heterocycles. The molecule has 3 rings (SSSR count). The fourth-order valence-corrected chi connectivity index (χ4v) is 3.74. The van der Waals surface area contributed by atoms with Crippen LogP contribution in [0.25, 0.3) is 0 Å². The smallest absolute Gasteiger partial charge is 0.255 e. The lowest BCUT2D eigenvalue weighted by atomic mass is 9.80. The second-order valence-electron chi connectivity index (χ2n) is 6.98. The van der Waals surface area contributed by atoms with E-state index < -0.39 is 11.4 Å². The zero-order chi connectivity index (χ0) is 21.0. The summed E-state index contributed by atoms with van der Waals surface area (Å²) in [7, 11) is 1.41. The number of nitrogens with one attached hydrogen (secondary N) is 1. The summed E-state index contributed by atoms with van der Waals surface area (Å²) >= 11 is 6.26. The summed E-state index contributed by atoms with van der Waals surface area (Å²) in [5, 5.41) is 7.25. The summed E-state index contributed by atoms with van der Waals surface area (Å²) in [4.78, 5) is 28.4. The molecule has 156 valence electrons. The number of carbonyl (C=O) groups is 2. The topological polar surface area (TPSA) is 130 Å². The van der Waals surface area contributed by atoms with E-state index in [9.17, 15) is 9.59 Å². The van der Waals surface area contributed by atoms with Gasteiger partial charge in [0.25, 0.3) is 11.8 Å². The fraction of sp³-hybridized carbons (Fsp3) is 0.474. The second-order valence-corrected chi connectivity index (χ2v) is 7.39. The lowest BCUT2D eigenvalue weighted by molar-refractivity contribution is -0.119. The minimum absolute atomic E-state index is 0.129. The van der Waals surface area contributed by atoms with Crippen LogP contribution in [-0.4, -0.2) is 35.7 Å². The molecule has 2 aromatic rings. The Bertz CT molecular complexity index is 908. The molecule has 10 heteroatoms. The molecular formula is C19H23ClN4O5. The van der Waals surface area contributed by atoms with E-state index in [-0.39, 0.29) is 34.6 Å². The van der Waals surface area contributed by atoms with Gasteiger partial charge >= 0.3 is 0 Å². The molecule has 1 aliphatic rings. The van der Waals surface area contributed by atoms with Gasteiger partial charge in [0.1, 0.15) is 5.54 Å². The van der Waals surface area contributed by atoms with Gasteiger partial charge in [-0.2, -0.15) is 4.98 Å². The van der Waals surface area contributed by atoms with Crippen LogP contribution in [-0.2, 0) is 10.3 Å². The number of carbonyl (C=O) groups excluding carboxylic acids is 2. The van der Waals surface area contributed by atoms with E-state index in [0.717, 1.165) is 19.3 Å². The van der Waals surface area contributed by atoms with Crippen LogP contribution in [0, 0.1) is 6.92 Å². The largest absolute Gasteiger partial charge is 0.493 e. The highest BCUT2D eigenvalue weighted by Crippen LogP contribution is 2.38. The Morgan fingerprint density at radius 3 is 2.62 bits per heavy atom. The molecule has 9 nitrogen and oxygen atoms in total. The molecular weight excluding hydrogens is 400 g/mol. The van der Waals surface area contributed by atoms with Gasteiger partial charge in [0.2, 0.25) is 5.89 Å². The zero-order valence-corrected chi connectivity index (χ0v) is 17.0. The van der Waals surface area contributed by atoms with E-state index in [1.165, 1.54) is 19.2 Å². The maximum absolute atomic E-state index is 13.1. The number of rotatable bonds is 7. The molecule has 1 aromatic carbocycles. The van der Waals surface area contributed by atoms with Crippen molar-refractivity contribution in [3.8, 4) is 11.5 Å². The monoisotopic (exact) mass is 422 g/mol. The Morgan fingerprint density at radius 2 is 2.03 bits per heavy atom. The Balaban J connectivity index is 1.88. The first-order valence-corrected chi connectivity index (χ1v) is 9.64. The van der Waals surface area contributed by atoms with Gasteiger partial charge in [0, 0.05) is 12.5 Å². The Morgan fingerprint density at radius 1 is 1.31 bits per heavy atom. The number of primary amides is 1. The maximum atomic E-state index is 13.1. The third kappa shape index (κ3) is 4.61. The van der Waals surface area contributed by atoms with Crippen LogP contribution in [0.1, 0.15) is 54.2 Å². The van der Waals surface area contributed by atoms with Crippen molar-refractivity contribution in [2.24, 2.45) is 5.73 Å². The lowest BCUT2D eigenvalue weighted by Crippen LogP contribution is -2.48. The van der Waals surface area contributed by atoms with Crippen molar-refractivity contribution in [1.82, 2.24) is 15.5 Å². The Kier molecular flexibility index (Phi) is 6.26. The quantitative estimate of drug-likeness (QED) is 0.700. The number of amides is 2. The second kappa shape index (κ2) is 8.69. The van der Waals surface area contributed by atoms with Crippen LogP contribution < -0.4 is 20.5 Å². The van der Waals surface area contributed by atoms with E-state index in [4.69, 9.17) is 31.3 Å². The van der Waals surface area contributed by atoms with E-state index in [1.54, 1.807) is 6.92 Å². The highest BCUT2D eigenvalue weighted by molar-refractivity contribution is 6.32. The van der Waals surface area contributed by atoms with Gasteiger partial charge in [-0.3, -0.25) is 9.59 Å². The Hall–Kier alpha value is -2.81. The molecule has 0 unspecified atom stereocenters. The van der Waals surface area contributed by atoms with Crippen LogP contribution in [0.15, 0.2) is 16.7 Å². The average Bonchev–Trinajstić information content (AvgIpc) is 3.14. The minimum atomic E-state index is -0.700. The molecule has 1 saturated carbocycles. The number of methoxy groups -OCH3 is 1. The minimum Gasteiger partial charge on any atom is -0.493 e. The third-order valence-electron chi connectivity index (χ3n) is 4.87. The van der Waals surface area contributed by atoms with E-state index >= 15 is 0 Å². The predicted octanol–water partition coefficient (Wildman–Crippen LogP) is 2.49. The molecule has 29 heavy (non-hydrogen) atoms. The van der Waals surface area contributed by atoms with Gasteiger partial charge in [0.15, 0.2) is 23.9 Å². The first-order chi connectivity index (χ1) is 13.8. The summed E-state index contributed by atoms with van der Waals surface area (Å²) in [6.45, 7) is 1.35. The summed E-state index contributed by atoms with van der Waals surface area (Å²) < 4.78 is 15.7. The van der Waals surface area contributed by atoms with Crippen molar-refractivity contribution in [2.45, 2.75) is 44.6 Å². The summed E-state index contributed by atoms with van der Waals surface area (Å²) in [5.74, 6) is 0.278. The standard InChI is InChI=1S/C19H23ClN4O5/c1-11-22-18(24-29-11)19(6-4-3-5-7-19)23-17(26)12-8-13(20)16(14(9-12)27-2)28-10-15(21)25/h8-9H,3-7,10H2,1-2H3,(H2,21,25)(H,23,26). The molecule has 0 atom stereocenters. The summed E-state index contributed by atoms with van der Waals surface area (Å²) in [5.41, 5.74) is 4.68. The zero-order valence-electron chi connectivity index (χ0n) is 16.3. The number of nitrogens with two attached hydrogens (primary N) is 1. The maximum Gasteiger partial charge on any atom is 0.255 e. The van der Waals surface area contributed by atoms with Crippen LogP contribution in [0.4, 0.5) is 0 Å². The van der Waals surface area contributed by atoms with E-state index in [0.29, 0.717) is 24.6 Å². The number of hydrogen-bond acceptors (Lipinski definition) is 7. The number of nitrogens with zero attached hydrogens (tertiary/aromatic N) is 2. The summed E-state index contributed by atoms with van der Waals surface area (Å²) in [6.07, 6.45) is 4.39. The SMILES string of the molecule is COc1cc(C(=O)NC2(c3noc(C)n3)CCCCC2)cc(Cl)c1OCC(N)=O. The number of aryl methyl sites for hydroxylation is 1. The van der Waals surface area contributed by atoms with Crippen molar-refractivity contribution in [3.05, 3.63) is 34.4 Å². The molecule has 2 amide bonds. The molecule has 1 fully saturated rings. The number of benzene rings is 1. The number of aromatic nitrogens is 2. The fourth-order valence-electron chi connectivity index (χ4n) is 3.48. The van der Waals surface area contributed by atoms with Gasteiger partial charge in [0.05, 0.1) is 12.1 Å². The summed E-state index contributed by atoms with van der Waals surface area (Å²) in [6, 6.07) is 2.95. The molecule has 0 bridgehead atoms. The molecule has 1 aliphatic carbocycles. The highest BCUT2D eigenvalue weighted by Gasteiger charge is 2.40. The number of halogens is 1. The van der Waals surface area contributed by atoms with Crippen LogP contribution in [0.2, 0.25) is 5.02 Å². The van der Waals surface area contributed by atoms with E-state index in [1.807, 2.05) is 0 Å². The number of hydrogen-bond donors (Lipinski definition) is 2. The molecule has 0 radical (unpaired) electrons. The van der Waals surface area contributed by atoms with Crippen molar-refractivity contribution >= 4 is 23.4 Å². The van der Waals surface area contributed by atoms with Crippen LogP contribution in [0.5, 0.6) is 11.5 Å². The average molecular weight is 423 g/mol. The van der Waals surface area contributed by atoms with Gasteiger partial charge in [-0.05, 0) is 25.0 Å². The first-order valence-electron chi connectivity index (χ1n) is 9.26. The molecule has 0 spiro atoms. The van der Waals surface area contributed by atoms with Crippen LogP contribution in [0.3, 0.4) is 0 Å². The first kappa shape index (κ1) is 20.9. The highest BCUT2D eigenvalue weighted by atomic mass is 35.5. The van der Waals surface area contributed by atoms with Gasteiger partial charge in [-0.1, -0.05) is 36.0 Å². The van der Waals surface area contributed by atoms with Crippen molar-refractivity contribution < 1.29 is 23.6 Å². The van der Waals surface area contributed by atoms with Gasteiger partial charge < -0.3 is 25.0 Å². The van der Waals surface area contributed by atoms with Crippen molar-refractivity contribution in [2.75, 3.05) is 13.7 Å². The van der Waals surface area contributed by atoms with E-state index in [2.05, 4.69) is 15.5 Å². The predicted molar refractivity (Wildman–Crippen MR) is 104 cm³/mol. The third-order valence-corrected chi connectivity index (χ3v) is 5.15. The van der Waals surface area contributed by atoms with Gasteiger partial charge in [-0.25, -0.2) is 0 Å². The lowest BCUT2D eigenvalue weighted by Gasteiger charge is -2.35.